The molecule has 0 radical (unpaired) electrons. The maximum Gasteiger partial charge on any atom is 0.220 e. The van der Waals surface area contributed by atoms with E-state index in [9.17, 15) is 4.79 Å². The molecule has 3 rings (SSSR count). The summed E-state index contributed by atoms with van der Waals surface area (Å²) in [4.78, 5) is 11.9. The molecule has 1 amide bonds. The maximum absolute atomic E-state index is 11.9. The first-order valence-corrected chi connectivity index (χ1v) is 7.57. The van der Waals surface area contributed by atoms with Crippen LogP contribution in [-0.4, -0.2) is 10.5 Å². The van der Waals surface area contributed by atoms with Gasteiger partial charge in [0.1, 0.15) is 0 Å². The van der Waals surface area contributed by atoms with Gasteiger partial charge in [-0.05, 0) is 41.1 Å². The minimum atomic E-state index is 0.0945. The zero-order chi connectivity index (χ0) is 15.4. The molecule has 0 bridgehead atoms. The third-order valence-corrected chi connectivity index (χ3v) is 3.92. The van der Waals surface area contributed by atoms with Crippen LogP contribution in [0, 0.1) is 0 Å². The highest BCUT2D eigenvalue weighted by atomic mass is 16.1. The number of aryl methyl sites for hydroxylation is 2. The van der Waals surface area contributed by atoms with Gasteiger partial charge in [-0.25, -0.2) is 0 Å². The van der Waals surface area contributed by atoms with E-state index in [2.05, 4.69) is 40.3 Å². The van der Waals surface area contributed by atoms with Crippen molar-refractivity contribution in [3.63, 3.8) is 0 Å². The molecular formula is C19H20N2O. The van der Waals surface area contributed by atoms with Gasteiger partial charge in [0.2, 0.25) is 5.91 Å². The molecule has 0 spiro atoms. The molecule has 3 aromatic rings. The van der Waals surface area contributed by atoms with Crippen molar-refractivity contribution in [1.82, 2.24) is 9.88 Å². The van der Waals surface area contributed by atoms with Crippen LogP contribution < -0.4 is 5.32 Å². The van der Waals surface area contributed by atoms with Crippen molar-refractivity contribution in [1.29, 1.82) is 0 Å². The van der Waals surface area contributed by atoms with Crippen LogP contribution in [0.5, 0.6) is 0 Å². The molecule has 0 atom stereocenters. The van der Waals surface area contributed by atoms with Crippen LogP contribution in [0.2, 0.25) is 0 Å². The lowest BCUT2D eigenvalue weighted by Gasteiger charge is -2.06. The van der Waals surface area contributed by atoms with Crippen LogP contribution in [-0.2, 0) is 24.8 Å². The Morgan fingerprint density at radius 3 is 2.68 bits per heavy atom. The zero-order valence-electron chi connectivity index (χ0n) is 12.8. The highest BCUT2D eigenvalue weighted by Gasteiger charge is 2.04. The van der Waals surface area contributed by atoms with Crippen molar-refractivity contribution in [2.75, 3.05) is 0 Å². The number of rotatable bonds is 5. The second-order valence-corrected chi connectivity index (χ2v) is 5.58. The number of carbonyl (C=O) groups excluding carboxylic acids is 1. The van der Waals surface area contributed by atoms with Gasteiger partial charge >= 0.3 is 0 Å². The molecule has 0 unspecified atom stereocenters. The summed E-state index contributed by atoms with van der Waals surface area (Å²) in [5.41, 5.74) is 3.55. The molecule has 3 nitrogen and oxygen atoms in total. The highest BCUT2D eigenvalue weighted by Crippen LogP contribution is 2.17. The number of benzene rings is 2. The maximum atomic E-state index is 11.9. The third-order valence-electron chi connectivity index (χ3n) is 3.92. The predicted molar refractivity (Wildman–Crippen MR) is 89.5 cm³/mol. The van der Waals surface area contributed by atoms with Gasteiger partial charge in [-0.1, -0.05) is 36.4 Å². The minimum absolute atomic E-state index is 0.0945. The van der Waals surface area contributed by atoms with E-state index in [1.807, 2.05) is 37.4 Å². The van der Waals surface area contributed by atoms with E-state index in [4.69, 9.17) is 0 Å². The number of nitrogens with one attached hydrogen (secondary N) is 1. The smallest absolute Gasteiger partial charge is 0.220 e. The van der Waals surface area contributed by atoms with Crippen LogP contribution in [0.3, 0.4) is 0 Å². The Bertz CT molecular complexity index is 774. The van der Waals surface area contributed by atoms with E-state index in [1.54, 1.807) is 0 Å². The Hall–Kier alpha value is -2.55. The van der Waals surface area contributed by atoms with Gasteiger partial charge < -0.3 is 9.88 Å². The Morgan fingerprint density at radius 1 is 1.05 bits per heavy atom. The summed E-state index contributed by atoms with van der Waals surface area (Å²) in [6.45, 7) is 0.595. The number of aromatic nitrogens is 1. The van der Waals surface area contributed by atoms with Gasteiger partial charge in [-0.3, -0.25) is 4.79 Å². The van der Waals surface area contributed by atoms with E-state index in [-0.39, 0.29) is 5.91 Å². The van der Waals surface area contributed by atoms with Gasteiger partial charge in [0.05, 0.1) is 0 Å². The third kappa shape index (κ3) is 3.37. The van der Waals surface area contributed by atoms with Gasteiger partial charge in [0, 0.05) is 31.7 Å². The van der Waals surface area contributed by atoms with Crippen LogP contribution in [0.15, 0.2) is 60.8 Å². The summed E-state index contributed by atoms with van der Waals surface area (Å²) in [5, 5.41) is 4.19. The van der Waals surface area contributed by atoms with Crippen LogP contribution in [0.1, 0.15) is 17.5 Å². The molecule has 22 heavy (non-hydrogen) atoms. The largest absolute Gasteiger partial charge is 0.352 e. The van der Waals surface area contributed by atoms with Crippen LogP contribution in [0.25, 0.3) is 10.9 Å². The van der Waals surface area contributed by atoms with E-state index in [0.717, 1.165) is 12.0 Å². The minimum Gasteiger partial charge on any atom is -0.352 e. The van der Waals surface area contributed by atoms with E-state index in [0.29, 0.717) is 13.0 Å². The van der Waals surface area contributed by atoms with Gasteiger partial charge in [0.25, 0.3) is 0 Å². The summed E-state index contributed by atoms with van der Waals surface area (Å²) in [6, 6.07) is 18.5. The van der Waals surface area contributed by atoms with E-state index >= 15 is 0 Å². The number of amides is 1. The molecule has 0 aliphatic rings. The van der Waals surface area contributed by atoms with Crippen molar-refractivity contribution >= 4 is 16.8 Å². The molecule has 1 aromatic heterocycles. The number of fused-ring (bicyclic) bond motifs is 1. The molecule has 2 aromatic carbocycles. The van der Waals surface area contributed by atoms with Crippen molar-refractivity contribution in [3.05, 3.63) is 71.9 Å². The van der Waals surface area contributed by atoms with Crippen LogP contribution in [0.4, 0.5) is 0 Å². The molecule has 112 valence electrons. The molecule has 0 saturated heterocycles. The lowest BCUT2D eigenvalue weighted by atomic mass is 10.1. The Morgan fingerprint density at radius 2 is 1.86 bits per heavy atom. The highest BCUT2D eigenvalue weighted by molar-refractivity contribution is 5.81. The van der Waals surface area contributed by atoms with Crippen molar-refractivity contribution in [3.8, 4) is 0 Å². The van der Waals surface area contributed by atoms with E-state index in [1.165, 1.54) is 16.5 Å². The lowest BCUT2D eigenvalue weighted by molar-refractivity contribution is -0.121. The Kier molecular flexibility index (Phi) is 4.24. The Balaban J connectivity index is 1.53. The first-order valence-electron chi connectivity index (χ1n) is 7.57. The van der Waals surface area contributed by atoms with Gasteiger partial charge in [-0.15, -0.1) is 0 Å². The fraction of sp³-hybridized carbons (Fsp3) is 0.211. The SMILES string of the molecule is Cn1ccc2cc(CCC(=O)NCc3ccccc3)ccc21. The summed E-state index contributed by atoms with van der Waals surface area (Å²) in [6.07, 6.45) is 3.34. The molecule has 3 heteroatoms. The predicted octanol–water partition coefficient (Wildman–Crippen LogP) is 3.43. The first-order chi connectivity index (χ1) is 10.7. The van der Waals surface area contributed by atoms with Crippen molar-refractivity contribution in [2.45, 2.75) is 19.4 Å². The second-order valence-electron chi connectivity index (χ2n) is 5.58. The van der Waals surface area contributed by atoms with Gasteiger partial charge in [0.15, 0.2) is 0 Å². The quantitative estimate of drug-likeness (QED) is 0.768. The topological polar surface area (TPSA) is 34.0 Å². The molecule has 0 saturated carbocycles. The number of hydrogen-bond donors (Lipinski definition) is 1. The fourth-order valence-electron chi connectivity index (χ4n) is 2.63. The molecule has 0 aliphatic carbocycles. The van der Waals surface area contributed by atoms with Crippen molar-refractivity contribution < 1.29 is 4.79 Å². The van der Waals surface area contributed by atoms with Crippen molar-refractivity contribution in [2.24, 2.45) is 7.05 Å². The molecular weight excluding hydrogens is 272 g/mol. The summed E-state index contributed by atoms with van der Waals surface area (Å²) < 4.78 is 2.10. The monoisotopic (exact) mass is 292 g/mol. The number of nitrogens with zero attached hydrogens (tertiary/aromatic N) is 1. The molecule has 1 heterocycles. The fourth-order valence-corrected chi connectivity index (χ4v) is 2.63. The zero-order valence-corrected chi connectivity index (χ0v) is 12.8. The normalized spacial score (nSPS) is 10.8. The number of hydrogen-bond acceptors (Lipinski definition) is 1. The first kappa shape index (κ1) is 14.4. The summed E-state index contributed by atoms with van der Waals surface area (Å²) in [5.74, 6) is 0.0945. The van der Waals surface area contributed by atoms with Crippen LogP contribution >= 0.6 is 0 Å². The summed E-state index contributed by atoms with van der Waals surface area (Å²) >= 11 is 0. The Labute approximate surface area is 130 Å². The number of carbonyl (C=O) groups is 1. The second kappa shape index (κ2) is 6.48. The van der Waals surface area contributed by atoms with E-state index < -0.39 is 0 Å². The standard InChI is InChI=1S/C19H20N2O/c1-21-12-11-17-13-15(7-9-18(17)21)8-10-19(22)20-14-16-5-3-2-4-6-16/h2-7,9,11-13H,8,10,14H2,1H3,(H,20,22). The average Bonchev–Trinajstić information content (AvgIpc) is 2.93. The molecule has 1 N–H and O–H groups in total. The lowest BCUT2D eigenvalue weighted by Crippen LogP contribution is -2.22. The average molecular weight is 292 g/mol. The molecule has 0 aliphatic heterocycles. The molecule has 0 fully saturated rings. The van der Waals surface area contributed by atoms with Gasteiger partial charge in [-0.2, -0.15) is 0 Å². The summed E-state index contributed by atoms with van der Waals surface area (Å²) in [7, 11) is 2.04.